The summed E-state index contributed by atoms with van der Waals surface area (Å²) in [5.41, 5.74) is 9.12. The molecule has 0 aliphatic rings. The molecule has 0 bridgehead atoms. The van der Waals surface area contributed by atoms with E-state index in [4.69, 9.17) is 15.7 Å². The molecule has 0 aromatic heterocycles. The van der Waals surface area contributed by atoms with E-state index in [9.17, 15) is 0 Å². The molecule has 1 aromatic rings. The lowest BCUT2D eigenvalue weighted by Gasteiger charge is -2.16. The zero-order chi connectivity index (χ0) is 13.0. The predicted octanol–water partition coefficient (Wildman–Crippen LogP) is 2.48. The smallest absolute Gasteiger partial charge is 0.181 e. The van der Waals surface area contributed by atoms with Crippen molar-refractivity contribution < 1.29 is 4.74 Å². The van der Waals surface area contributed by atoms with E-state index < -0.39 is 6.10 Å². The van der Waals surface area contributed by atoms with Crippen LogP contribution in [0.3, 0.4) is 0 Å². The second-order valence-electron chi connectivity index (χ2n) is 4.63. The maximum absolute atomic E-state index is 8.76. The van der Waals surface area contributed by atoms with Gasteiger partial charge in [-0.2, -0.15) is 5.26 Å². The van der Waals surface area contributed by atoms with Crippen LogP contribution in [0.25, 0.3) is 0 Å². The zero-order valence-electron chi connectivity index (χ0n) is 10.9. The summed E-state index contributed by atoms with van der Waals surface area (Å²) in [5, 5.41) is 8.76. The summed E-state index contributed by atoms with van der Waals surface area (Å²) in [6, 6.07) is 6.38. The molecule has 2 N–H and O–H groups in total. The molecule has 3 nitrogen and oxygen atoms in total. The van der Waals surface area contributed by atoms with Gasteiger partial charge in [0, 0.05) is 6.04 Å². The highest BCUT2D eigenvalue weighted by molar-refractivity contribution is 5.43. The lowest BCUT2D eigenvalue weighted by Crippen LogP contribution is -2.18. The normalized spacial score (nSPS) is 13.9. The average Bonchev–Trinajstić information content (AvgIpc) is 2.22. The SMILES string of the molecule is Cc1cc(CC(C)N)cc(C)c1OC(C)C#N. The third-order valence-electron chi connectivity index (χ3n) is 2.55. The molecule has 0 fully saturated rings. The fourth-order valence-electron chi connectivity index (χ4n) is 1.92. The number of nitriles is 1. The molecular weight excluding hydrogens is 212 g/mol. The number of benzene rings is 1. The van der Waals surface area contributed by atoms with E-state index in [1.807, 2.05) is 20.8 Å². The van der Waals surface area contributed by atoms with Gasteiger partial charge < -0.3 is 10.5 Å². The highest BCUT2D eigenvalue weighted by atomic mass is 16.5. The van der Waals surface area contributed by atoms with Gasteiger partial charge in [0.25, 0.3) is 0 Å². The van der Waals surface area contributed by atoms with E-state index in [0.29, 0.717) is 0 Å². The molecule has 2 unspecified atom stereocenters. The van der Waals surface area contributed by atoms with Gasteiger partial charge in [-0.05, 0) is 50.8 Å². The van der Waals surface area contributed by atoms with Crippen LogP contribution in [0.4, 0.5) is 0 Å². The molecule has 0 radical (unpaired) electrons. The summed E-state index contributed by atoms with van der Waals surface area (Å²) < 4.78 is 5.59. The first-order valence-corrected chi connectivity index (χ1v) is 5.86. The molecule has 0 aliphatic heterocycles. The number of nitrogens with two attached hydrogens (primary N) is 1. The molecule has 2 atom stereocenters. The fourth-order valence-corrected chi connectivity index (χ4v) is 1.92. The van der Waals surface area contributed by atoms with E-state index >= 15 is 0 Å². The molecule has 0 aliphatic carbocycles. The Morgan fingerprint density at radius 3 is 2.24 bits per heavy atom. The summed E-state index contributed by atoms with van der Waals surface area (Å²) in [6.07, 6.45) is 0.433. The summed E-state index contributed by atoms with van der Waals surface area (Å²) >= 11 is 0. The van der Waals surface area contributed by atoms with Crippen molar-refractivity contribution >= 4 is 0 Å². The van der Waals surface area contributed by atoms with Gasteiger partial charge in [0.05, 0.1) is 0 Å². The van der Waals surface area contributed by atoms with Crippen molar-refractivity contribution in [2.75, 3.05) is 0 Å². The van der Waals surface area contributed by atoms with Gasteiger partial charge >= 0.3 is 0 Å². The number of hydrogen-bond acceptors (Lipinski definition) is 3. The standard InChI is InChI=1S/C14H20N2O/c1-9-5-13(7-11(3)16)6-10(2)14(9)17-12(4)8-15/h5-6,11-12H,7,16H2,1-4H3. The van der Waals surface area contributed by atoms with Gasteiger partial charge in [0.1, 0.15) is 11.8 Å². The maximum atomic E-state index is 8.76. The number of nitrogens with zero attached hydrogens (tertiary/aromatic N) is 1. The van der Waals surface area contributed by atoms with Gasteiger partial charge in [0.2, 0.25) is 0 Å². The maximum Gasteiger partial charge on any atom is 0.181 e. The minimum Gasteiger partial charge on any atom is -0.475 e. The van der Waals surface area contributed by atoms with Crippen LogP contribution in [-0.2, 0) is 6.42 Å². The van der Waals surface area contributed by atoms with Crippen molar-refractivity contribution in [3.05, 3.63) is 28.8 Å². The fraction of sp³-hybridized carbons (Fsp3) is 0.500. The minimum absolute atomic E-state index is 0.151. The molecule has 1 aromatic carbocycles. The Morgan fingerprint density at radius 1 is 1.29 bits per heavy atom. The van der Waals surface area contributed by atoms with Crippen LogP contribution in [0, 0.1) is 25.2 Å². The van der Waals surface area contributed by atoms with Crippen LogP contribution in [0.1, 0.15) is 30.5 Å². The Kier molecular flexibility index (Phi) is 4.53. The van der Waals surface area contributed by atoms with Crippen molar-refractivity contribution in [3.8, 4) is 11.8 Å². The molecule has 3 heteroatoms. The summed E-state index contributed by atoms with van der Waals surface area (Å²) in [5.74, 6) is 0.812. The predicted molar refractivity (Wildman–Crippen MR) is 69.0 cm³/mol. The van der Waals surface area contributed by atoms with Crippen LogP contribution in [0.15, 0.2) is 12.1 Å². The molecule has 92 valence electrons. The van der Waals surface area contributed by atoms with E-state index in [1.54, 1.807) is 6.92 Å². The van der Waals surface area contributed by atoms with Gasteiger partial charge in [-0.25, -0.2) is 0 Å². The lowest BCUT2D eigenvalue weighted by molar-refractivity contribution is 0.272. The number of rotatable bonds is 4. The van der Waals surface area contributed by atoms with E-state index in [2.05, 4.69) is 18.2 Å². The first-order valence-electron chi connectivity index (χ1n) is 5.86. The van der Waals surface area contributed by atoms with Gasteiger partial charge in [-0.3, -0.25) is 0 Å². The third kappa shape index (κ3) is 3.76. The number of aryl methyl sites for hydroxylation is 2. The Bertz CT molecular complexity index is 409. The van der Waals surface area contributed by atoms with Gasteiger partial charge in [-0.15, -0.1) is 0 Å². The third-order valence-corrected chi connectivity index (χ3v) is 2.55. The lowest BCUT2D eigenvalue weighted by atomic mass is 10.0. The average molecular weight is 232 g/mol. The van der Waals surface area contributed by atoms with Crippen LogP contribution >= 0.6 is 0 Å². The molecule has 1 rings (SSSR count). The second-order valence-corrected chi connectivity index (χ2v) is 4.63. The Morgan fingerprint density at radius 2 is 1.82 bits per heavy atom. The van der Waals surface area contributed by atoms with Crippen molar-refractivity contribution in [1.29, 1.82) is 5.26 Å². The monoisotopic (exact) mass is 232 g/mol. The zero-order valence-corrected chi connectivity index (χ0v) is 10.9. The van der Waals surface area contributed by atoms with E-state index in [-0.39, 0.29) is 6.04 Å². The van der Waals surface area contributed by atoms with Gasteiger partial charge in [-0.1, -0.05) is 12.1 Å². The van der Waals surface area contributed by atoms with E-state index in [0.717, 1.165) is 23.3 Å². The molecular formula is C14H20N2O. The van der Waals surface area contributed by atoms with Crippen LogP contribution in [0.2, 0.25) is 0 Å². The largest absolute Gasteiger partial charge is 0.475 e. The number of hydrogen-bond donors (Lipinski definition) is 1. The molecule has 17 heavy (non-hydrogen) atoms. The van der Waals surface area contributed by atoms with Crippen molar-refractivity contribution in [2.24, 2.45) is 5.73 Å². The quantitative estimate of drug-likeness (QED) is 0.867. The summed E-state index contributed by atoms with van der Waals surface area (Å²) in [7, 11) is 0. The van der Waals surface area contributed by atoms with Crippen LogP contribution < -0.4 is 10.5 Å². The van der Waals surface area contributed by atoms with E-state index in [1.165, 1.54) is 5.56 Å². The Hall–Kier alpha value is -1.53. The van der Waals surface area contributed by atoms with Gasteiger partial charge in [0.15, 0.2) is 6.10 Å². The van der Waals surface area contributed by atoms with Crippen molar-refractivity contribution in [1.82, 2.24) is 0 Å². The number of ether oxygens (including phenoxy) is 1. The molecule has 0 amide bonds. The topological polar surface area (TPSA) is 59.0 Å². The summed E-state index contributed by atoms with van der Waals surface area (Å²) in [6.45, 7) is 7.73. The Balaban J connectivity index is 2.99. The summed E-state index contributed by atoms with van der Waals surface area (Å²) in [4.78, 5) is 0. The van der Waals surface area contributed by atoms with Crippen LogP contribution in [-0.4, -0.2) is 12.1 Å². The minimum atomic E-state index is -0.424. The highest BCUT2D eigenvalue weighted by Gasteiger charge is 2.10. The Labute approximate surface area is 103 Å². The van der Waals surface area contributed by atoms with Crippen molar-refractivity contribution in [3.63, 3.8) is 0 Å². The first-order chi connectivity index (χ1) is 7.93. The molecule has 0 saturated carbocycles. The molecule has 0 saturated heterocycles. The highest BCUT2D eigenvalue weighted by Crippen LogP contribution is 2.26. The molecule has 0 spiro atoms. The molecule has 0 heterocycles. The van der Waals surface area contributed by atoms with Crippen molar-refractivity contribution in [2.45, 2.75) is 46.3 Å². The van der Waals surface area contributed by atoms with Crippen LogP contribution in [0.5, 0.6) is 5.75 Å². The first kappa shape index (κ1) is 13.5. The second kappa shape index (κ2) is 5.70.